The minimum Gasteiger partial charge on any atom is -0.423 e. The van der Waals surface area contributed by atoms with Crippen LogP contribution in [0.5, 0.6) is 5.75 Å². The number of rotatable bonds is 6. The van der Waals surface area contributed by atoms with Crippen molar-refractivity contribution in [3.05, 3.63) is 131 Å². The summed E-state index contributed by atoms with van der Waals surface area (Å²) in [5.74, 6) is -0.119. The predicted octanol–water partition coefficient (Wildman–Crippen LogP) is 7.12. The highest BCUT2D eigenvalue weighted by Gasteiger charge is 2.08. The Hall–Kier alpha value is -3.95. The third-order valence-corrected chi connectivity index (χ3v) is 5.13. The predicted molar refractivity (Wildman–Crippen MR) is 128 cm³/mol. The van der Waals surface area contributed by atoms with Crippen LogP contribution < -0.4 is 4.74 Å². The quantitative estimate of drug-likeness (QED) is 0.139. The molecule has 0 radical (unpaired) electrons. The van der Waals surface area contributed by atoms with Crippen molar-refractivity contribution < 1.29 is 14.3 Å². The molecule has 0 N–H and O–H groups in total. The van der Waals surface area contributed by atoms with Crippen molar-refractivity contribution in [2.24, 2.45) is 0 Å². The molecule has 156 valence electrons. The molecule has 4 heteroatoms. The van der Waals surface area contributed by atoms with Crippen molar-refractivity contribution in [1.29, 1.82) is 0 Å². The van der Waals surface area contributed by atoms with Crippen LogP contribution in [0, 0.1) is 0 Å². The average molecular weight is 439 g/mol. The number of benzene rings is 4. The van der Waals surface area contributed by atoms with Crippen LogP contribution in [-0.4, -0.2) is 11.8 Å². The Morgan fingerprint density at radius 1 is 0.656 bits per heavy atom. The van der Waals surface area contributed by atoms with Gasteiger partial charge in [-0.1, -0.05) is 84.4 Å². The Balaban J connectivity index is 1.37. The van der Waals surface area contributed by atoms with E-state index in [0.29, 0.717) is 21.9 Å². The Morgan fingerprint density at radius 2 is 1.25 bits per heavy atom. The van der Waals surface area contributed by atoms with Crippen molar-refractivity contribution in [1.82, 2.24) is 0 Å². The molecule has 0 aliphatic heterocycles. The van der Waals surface area contributed by atoms with E-state index in [9.17, 15) is 9.59 Å². The number of hydrogen-bond acceptors (Lipinski definition) is 3. The molecule has 0 amide bonds. The molecule has 0 fully saturated rings. The van der Waals surface area contributed by atoms with Crippen LogP contribution in [0.25, 0.3) is 17.2 Å². The number of ketones is 1. The van der Waals surface area contributed by atoms with Crippen molar-refractivity contribution >= 4 is 29.4 Å². The summed E-state index contributed by atoms with van der Waals surface area (Å²) in [6.07, 6.45) is 3.27. The van der Waals surface area contributed by atoms with Gasteiger partial charge >= 0.3 is 5.97 Å². The molecule has 0 heterocycles. The minimum absolute atomic E-state index is 0.0807. The van der Waals surface area contributed by atoms with Crippen molar-refractivity contribution in [3.63, 3.8) is 0 Å². The topological polar surface area (TPSA) is 43.4 Å². The van der Waals surface area contributed by atoms with Crippen molar-refractivity contribution in [3.8, 4) is 16.9 Å². The van der Waals surface area contributed by atoms with Crippen LogP contribution in [0.1, 0.15) is 26.3 Å². The van der Waals surface area contributed by atoms with Gasteiger partial charge in [-0.05, 0) is 59.2 Å². The summed E-state index contributed by atoms with van der Waals surface area (Å²) in [4.78, 5) is 24.7. The molecule has 0 aliphatic rings. The lowest BCUT2D eigenvalue weighted by molar-refractivity contribution is 0.0734. The van der Waals surface area contributed by atoms with E-state index < -0.39 is 5.97 Å². The molecule has 0 saturated heterocycles. The number of hydrogen-bond donors (Lipinski definition) is 0. The van der Waals surface area contributed by atoms with Crippen LogP contribution in [0.2, 0.25) is 5.02 Å². The van der Waals surface area contributed by atoms with Gasteiger partial charge in [0, 0.05) is 10.6 Å². The second-order valence-corrected chi connectivity index (χ2v) is 7.54. The Morgan fingerprint density at radius 3 is 1.91 bits per heavy atom. The molecule has 0 aliphatic carbocycles. The number of halogens is 1. The average Bonchev–Trinajstić information content (AvgIpc) is 2.84. The van der Waals surface area contributed by atoms with E-state index >= 15 is 0 Å². The molecule has 3 nitrogen and oxygen atoms in total. The van der Waals surface area contributed by atoms with Gasteiger partial charge in [0.25, 0.3) is 0 Å². The number of carbonyl (C=O) groups excluding carboxylic acids is 2. The molecule has 4 aromatic carbocycles. The zero-order valence-electron chi connectivity index (χ0n) is 17.1. The van der Waals surface area contributed by atoms with Gasteiger partial charge in [0.2, 0.25) is 0 Å². The molecule has 4 rings (SSSR count). The molecular formula is C28H19ClO3. The third kappa shape index (κ3) is 5.39. The fourth-order valence-electron chi connectivity index (χ4n) is 3.12. The summed E-state index contributed by atoms with van der Waals surface area (Å²) in [5.41, 5.74) is 4.04. The highest BCUT2D eigenvalue weighted by atomic mass is 35.5. The van der Waals surface area contributed by atoms with Gasteiger partial charge in [0.15, 0.2) is 5.78 Å². The fourth-order valence-corrected chi connectivity index (χ4v) is 3.25. The number of ether oxygens (including phenoxy) is 1. The molecule has 0 bridgehead atoms. The first-order valence-electron chi connectivity index (χ1n) is 10.0. The molecule has 0 saturated carbocycles. The lowest BCUT2D eigenvalue weighted by atomic mass is 10.0. The van der Waals surface area contributed by atoms with E-state index in [1.165, 1.54) is 6.08 Å². The highest BCUT2D eigenvalue weighted by molar-refractivity contribution is 6.30. The minimum atomic E-state index is -0.459. The Kier molecular flexibility index (Phi) is 6.59. The lowest BCUT2D eigenvalue weighted by Crippen LogP contribution is -2.08. The zero-order valence-corrected chi connectivity index (χ0v) is 17.8. The summed E-state index contributed by atoms with van der Waals surface area (Å²) in [5, 5.41) is 0.555. The van der Waals surface area contributed by atoms with E-state index in [1.807, 2.05) is 54.6 Å². The molecule has 0 spiro atoms. The van der Waals surface area contributed by atoms with Crippen molar-refractivity contribution in [2.45, 2.75) is 0 Å². The first kappa shape index (κ1) is 21.3. The summed E-state index contributed by atoms with van der Waals surface area (Å²) >= 11 is 5.83. The van der Waals surface area contributed by atoms with Gasteiger partial charge in [0.05, 0.1) is 5.56 Å². The first-order chi connectivity index (χ1) is 15.6. The van der Waals surface area contributed by atoms with E-state index in [-0.39, 0.29) is 5.78 Å². The smallest absolute Gasteiger partial charge is 0.343 e. The van der Waals surface area contributed by atoms with Gasteiger partial charge in [-0.2, -0.15) is 0 Å². The molecule has 0 aromatic heterocycles. The maximum absolute atomic E-state index is 12.5. The molecular weight excluding hydrogens is 420 g/mol. The van der Waals surface area contributed by atoms with Gasteiger partial charge in [-0.25, -0.2) is 4.79 Å². The molecule has 0 atom stereocenters. The maximum Gasteiger partial charge on any atom is 0.343 e. The summed E-state index contributed by atoms with van der Waals surface area (Å²) in [6.45, 7) is 0. The Labute approximate surface area is 191 Å². The summed E-state index contributed by atoms with van der Waals surface area (Å²) < 4.78 is 5.36. The molecule has 4 aromatic rings. The van der Waals surface area contributed by atoms with Crippen LogP contribution >= 0.6 is 11.6 Å². The lowest BCUT2D eigenvalue weighted by Gasteiger charge is -2.05. The number of esters is 1. The van der Waals surface area contributed by atoms with E-state index in [0.717, 1.165) is 16.7 Å². The number of carbonyl (C=O) groups is 2. The summed E-state index contributed by atoms with van der Waals surface area (Å²) in [6, 6.07) is 31.0. The van der Waals surface area contributed by atoms with Crippen LogP contribution in [0.15, 0.2) is 109 Å². The maximum atomic E-state index is 12.5. The second-order valence-electron chi connectivity index (χ2n) is 7.11. The van der Waals surface area contributed by atoms with Gasteiger partial charge < -0.3 is 4.74 Å². The van der Waals surface area contributed by atoms with Crippen LogP contribution in [0.4, 0.5) is 0 Å². The highest BCUT2D eigenvalue weighted by Crippen LogP contribution is 2.20. The van der Waals surface area contributed by atoms with Gasteiger partial charge in [-0.3, -0.25) is 4.79 Å². The van der Waals surface area contributed by atoms with E-state index in [1.54, 1.807) is 54.6 Å². The normalized spacial score (nSPS) is 10.8. The summed E-state index contributed by atoms with van der Waals surface area (Å²) in [7, 11) is 0. The fraction of sp³-hybridized carbons (Fsp3) is 0. The molecule has 32 heavy (non-hydrogen) atoms. The van der Waals surface area contributed by atoms with Gasteiger partial charge in [-0.15, -0.1) is 0 Å². The standard InChI is InChI=1S/C28H19ClO3/c29-25-15-13-24(14-16-25)28(31)32-26-17-6-20(7-18-26)8-19-27(30)23-11-9-22(10-12-23)21-4-2-1-3-5-21/h1-19H/b19-8+. The first-order valence-corrected chi connectivity index (χ1v) is 10.4. The third-order valence-electron chi connectivity index (χ3n) is 4.87. The Bertz CT molecular complexity index is 1240. The largest absolute Gasteiger partial charge is 0.423 e. The van der Waals surface area contributed by atoms with Crippen LogP contribution in [-0.2, 0) is 0 Å². The van der Waals surface area contributed by atoms with Gasteiger partial charge in [0.1, 0.15) is 5.75 Å². The number of allylic oxidation sites excluding steroid dienone is 1. The second kappa shape index (κ2) is 9.90. The van der Waals surface area contributed by atoms with Crippen LogP contribution in [0.3, 0.4) is 0 Å². The van der Waals surface area contributed by atoms with E-state index in [4.69, 9.17) is 16.3 Å². The van der Waals surface area contributed by atoms with E-state index in [2.05, 4.69) is 0 Å². The monoisotopic (exact) mass is 438 g/mol. The van der Waals surface area contributed by atoms with Crippen molar-refractivity contribution in [2.75, 3.05) is 0 Å². The SMILES string of the molecule is O=C(/C=C/c1ccc(OC(=O)c2ccc(Cl)cc2)cc1)c1ccc(-c2ccccc2)cc1. The molecule has 0 unspecified atom stereocenters. The zero-order chi connectivity index (χ0) is 22.3.